The van der Waals surface area contributed by atoms with E-state index in [0.29, 0.717) is 27.6 Å². The summed E-state index contributed by atoms with van der Waals surface area (Å²) in [5, 5.41) is 5.81. The molecular weight excluding hydrogens is 494 g/mol. The van der Waals surface area contributed by atoms with E-state index in [1.54, 1.807) is 20.2 Å². The molecule has 0 fully saturated rings. The summed E-state index contributed by atoms with van der Waals surface area (Å²) in [6.07, 6.45) is 3.16. The van der Waals surface area contributed by atoms with E-state index in [-0.39, 0.29) is 18.0 Å². The molecule has 8 nitrogen and oxygen atoms in total. The van der Waals surface area contributed by atoms with Gasteiger partial charge in [-0.1, -0.05) is 28.1 Å². The van der Waals surface area contributed by atoms with E-state index in [9.17, 15) is 14.4 Å². The van der Waals surface area contributed by atoms with E-state index < -0.39 is 5.69 Å². The van der Waals surface area contributed by atoms with Crippen molar-refractivity contribution in [2.45, 2.75) is 20.0 Å². The van der Waals surface area contributed by atoms with Gasteiger partial charge in [0.05, 0.1) is 6.54 Å². The monoisotopic (exact) mass is 513 g/mol. The highest BCUT2D eigenvalue weighted by Crippen LogP contribution is 2.19. The molecule has 0 atom stereocenters. The zero-order chi connectivity index (χ0) is 22.8. The highest BCUT2D eigenvalue weighted by molar-refractivity contribution is 9.10. The molecule has 10 heteroatoms. The van der Waals surface area contributed by atoms with E-state index in [4.69, 9.17) is 0 Å². The minimum Gasteiger partial charge on any atom is -0.373 e. The van der Waals surface area contributed by atoms with Crippen LogP contribution < -0.4 is 21.9 Å². The normalized spacial score (nSPS) is 11.0. The van der Waals surface area contributed by atoms with Crippen LogP contribution in [-0.2, 0) is 13.1 Å². The van der Waals surface area contributed by atoms with Crippen molar-refractivity contribution in [2.24, 2.45) is 0 Å². The van der Waals surface area contributed by atoms with Gasteiger partial charge in [-0.05, 0) is 42.3 Å². The van der Waals surface area contributed by atoms with Gasteiger partial charge < -0.3 is 10.6 Å². The van der Waals surface area contributed by atoms with Crippen LogP contribution in [0.15, 0.2) is 62.9 Å². The molecule has 3 heterocycles. The van der Waals surface area contributed by atoms with Gasteiger partial charge in [0, 0.05) is 36.0 Å². The van der Waals surface area contributed by atoms with E-state index in [0.717, 1.165) is 26.9 Å². The standard InChI is InChI=1S/C22H20BrN5O3S/c1-13-20(30)27(11-14-3-5-16(23)6-4-14)22(31)28-12-17(32-21(13)28)19(29)26-10-15-7-8-25-18(9-15)24-2/h3-9,12H,10-11H2,1-2H3,(H,24,25)(H,26,29). The summed E-state index contributed by atoms with van der Waals surface area (Å²) >= 11 is 4.50. The topological polar surface area (TPSA) is 97.5 Å². The molecule has 1 aromatic carbocycles. The molecule has 4 rings (SSSR count). The van der Waals surface area contributed by atoms with E-state index >= 15 is 0 Å². The summed E-state index contributed by atoms with van der Waals surface area (Å²) < 4.78 is 3.48. The number of pyridine rings is 1. The Morgan fingerprint density at radius 3 is 2.62 bits per heavy atom. The van der Waals surface area contributed by atoms with Crippen LogP contribution in [0.2, 0.25) is 0 Å². The second-order valence-electron chi connectivity index (χ2n) is 7.18. The molecular formula is C22H20BrN5O3S. The first kappa shape index (κ1) is 22.0. The Hall–Kier alpha value is -3.24. The lowest BCUT2D eigenvalue weighted by Gasteiger charge is -2.07. The predicted octanol–water partition coefficient (Wildman–Crippen LogP) is 3.01. The number of hydrogen-bond donors (Lipinski definition) is 2. The zero-order valence-electron chi connectivity index (χ0n) is 17.4. The number of carbonyl (C=O) groups excluding carboxylic acids is 1. The van der Waals surface area contributed by atoms with Crippen molar-refractivity contribution in [2.75, 3.05) is 12.4 Å². The number of nitrogens with zero attached hydrogens (tertiary/aromatic N) is 3. The van der Waals surface area contributed by atoms with Gasteiger partial charge in [0.2, 0.25) is 0 Å². The van der Waals surface area contributed by atoms with Gasteiger partial charge in [0.15, 0.2) is 0 Å². The quantitative estimate of drug-likeness (QED) is 0.413. The number of anilines is 1. The molecule has 0 aliphatic rings. The third kappa shape index (κ3) is 4.37. The molecule has 1 amide bonds. The van der Waals surface area contributed by atoms with Gasteiger partial charge in [-0.15, -0.1) is 11.3 Å². The summed E-state index contributed by atoms with van der Waals surface area (Å²) in [7, 11) is 1.77. The molecule has 32 heavy (non-hydrogen) atoms. The number of benzene rings is 1. The molecule has 0 saturated carbocycles. The molecule has 2 N–H and O–H groups in total. The fourth-order valence-electron chi connectivity index (χ4n) is 3.27. The average molecular weight is 514 g/mol. The number of carbonyl (C=O) groups is 1. The SMILES string of the molecule is CNc1cc(CNC(=O)c2cn3c(=O)n(Cc4ccc(Br)cc4)c(=O)c(C)c3s2)ccn1. The fourth-order valence-corrected chi connectivity index (χ4v) is 4.54. The smallest absolute Gasteiger partial charge is 0.336 e. The number of nitrogens with one attached hydrogen (secondary N) is 2. The van der Waals surface area contributed by atoms with Crippen LogP contribution in [0.3, 0.4) is 0 Å². The Morgan fingerprint density at radius 2 is 1.91 bits per heavy atom. The van der Waals surface area contributed by atoms with Crippen molar-refractivity contribution in [3.63, 3.8) is 0 Å². The number of thiazole rings is 1. The first-order valence-electron chi connectivity index (χ1n) is 9.78. The second kappa shape index (κ2) is 9.09. The highest BCUT2D eigenvalue weighted by Gasteiger charge is 2.17. The molecule has 0 aliphatic heterocycles. The first-order chi connectivity index (χ1) is 15.4. The molecule has 0 unspecified atom stereocenters. The van der Waals surface area contributed by atoms with Gasteiger partial charge in [-0.2, -0.15) is 0 Å². The van der Waals surface area contributed by atoms with Crippen LogP contribution in [0.5, 0.6) is 0 Å². The van der Waals surface area contributed by atoms with Crippen LogP contribution in [-0.4, -0.2) is 26.9 Å². The summed E-state index contributed by atoms with van der Waals surface area (Å²) in [5.74, 6) is 0.395. The van der Waals surface area contributed by atoms with Crippen molar-refractivity contribution >= 4 is 43.8 Å². The van der Waals surface area contributed by atoms with Crippen molar-refractivity contribution < 1.29 is 4.79 Å². The van der Waals surface area contributed by atoms with Crippen molar-refractivity contribution in [1.29, 1.82) is 0 Å². The second-order valence-corrected chi connectivity index (χ2v) is 9.12. The van der Waals surface area contributed by atoms with E-state index in [1.807, 2.05) is 36.4 Å². The van der Waals surface area contributed by atoms with Crippen LogP contribution >= 0.6 is 27.3 Å². The number of rotatable bonds is 6. The largest absolute Gasteiger partial charge is 0.373 e. The van der Waals surface area contributed by atoms with Crippen molar-refractivity contribution in [3.8, 4) is 0 Å². The molecule has 0 aliphatic carbocycles. The van der Waals surface area contributed by atoms with Crippen LogP contribution in [0.4, 0.5) is 5.82 Å². The summed E-state index contributed by atoms with van der Waals surface area (Å²) in [6.45, 7) is 2.14. The van der Waals surface area contributed by atoms with Gasteiger partial charge in [0.1, 0.15) is 15.5 Å². The summed E-state index contributed by atoms with van der Waals surface area (Å²) in [6, 6.07) is 11.1. The number of fused-ring (bicyclic) bond motifs is 1. The van der Waals surface area contributed by atoms with Gasteiger partial charge in [-0.25, -0.2) is 9.78 Å². The Labute approximate surface area is 195 Å². The van der Waals surface area contributed by atoms with Gasteiger partial charge in [-0.3, -0.25) is 18.6 Å². The Balaban J connectivity index is 1.63. The number of aromatic nitrogens is 3. The lowest BCUT2D eigenvalue weighted by atomic mass is 10.2. The summed E-state index contributed by atoms with van der Waals surface area (Å²) in [5.41, 5.74) is 1.32. The Kier molecular flexibility index (Phi) is 6.24. The maximum Gasteiger partial charge on any atom is 0.336 e. The number of hydrogen-bond acceptors (Lipinski definition) is 6. The third-order valence-corrected chi connectivity index (χ3v) is 6.74. The van der Waals surface area contributed by atoms with Crippen molar-refractivity contribution in [3.05, 3.63) is 95.7 Å². The Bertz CT molecular complexity index is 1420. The number of amides is 1. The zero-order valence-corrected chi connectivity index (χ0v) is 19.8. The molecule has 0 bridgehead atoms. The molecule has 0 radical (unpaired) electrons. The molecule has 164 valence electrons. The van der Waals surface area contributed by atoms with Crippen molar-refractivity contribution in [1.82, 2.24) is 19.3 Å². The maximum atomic E-state index is 13.0. The highest BCUT2D eigenvalue weighted by atomic mass is 79.9. The van der Waals surface area contributed by atoms with Gasteiger partial charge in [0.25, 0.3) is 11.5 Å². The van der Waals surface area contributed by atoms with Crippen LogP contribution in [0.25, 0.3) is 4.83 Å². The Morgan fingerprint density at radius 1 is 1.16 bits per heavy atom. The minimum atomic E-state index is -0.471. The maximum absolute atomic E-state index is 13.0. The lowest BCUT2D eigenvalue weighted by molar-refractivity contribution is 0.0954. The molecule has 3 aromatic heterocycles. The fraction of sp³-hybridized carbons (Fsp3) is 0.182. The predicted molar refractivity (Wildman–Crippen MR) is 129 cm³/mol. The third-order valence-electron chi connectivity index (χ3n) is 5.01. The van der Waals surface area contributed by atoms with E-state index in [2.05, 4.69) is 31.5 Å². The van der Waals surface area contributed by atoms with Crippen LogP contribution in [0.1, 0.15) is 26.4 Å². The minimum absolute atomic E-state index is 0.155. The lowest BCUT2D eigenvalue weighted by Crippen LogP contribution is -2.38. The summed E-state index contributed by atoms with van der Waals surface area (Å²) in [4.78, 5) is 43.6. The average Bonchev–Trinajstić information content (AvgIpc) is 3.26. The molecule has 4 aromatic rings. The van der Waals surface area contributed by atoms with Gasteiger partial charge >= 0.3 is 5.69 Å². The molecule has 0 spiro atoms. The first-order valence-corrected chi connectivity index (χ1v) is 11.4. The van der Waals surface area contributed by atoms with E-state index in [1.165, 1.54) is 15.2 Å². The number of aryl methyl sites for hydroxylation is 1. The molecule has 0 saturated heterocycles. The number of halogens is 1. The van der Waals surface area contributed by atoms with Crippen LogP contribution in [0, 0.1) is 6.92 Å².